The smallest absolute Gasteiger partial charge is 0.238 e. The lowest BCUT2D eigenvalue weighted by atomic mass is 10.1. The molecule has 24 heavy (non-hydrogen) atoms. The number of allylic oxidation sites excluding steroid dienone is 4. The van der Waals surface area contributed by atoms with Crippen LogP contribution in [0.1, 0.15) is 52.9 Å². The summed E-state index contributed by atoms with van der Waals surface area (Å²) in [4.78, 5) is 25.3. The molecule has 0 spiro atoms. The van der Waals surface area contributed by atoms with Gasteiger partial charge < -0.3 is 10.6 Å². The molecule has 0 saturated carbocycles. The molecule has 0 atom stereocenters. The van der Waals surface area contributed by atoms with Gasteiger partial charge in [-0.2, -0.15) is 0 Å². The Hall–Kier alpha value is -1.88. The van der Waals surface area contributed by atoms with Crippen LogP contribution in [0.5, 0.6) is 0 Å². The Kier molecular flexibility index (Phi) is 9.77. The summed E-state index contributed by atoms with van der Waals surface area (Å²) < 4.78 is 0. The summed E-state index contributed by atoms with van der Waals surface area (Å²) in [5.41, 5.74) is 2.39. The average molecular weight is 333 g/mol. The van der Waals surface area contributed by atoms with Gasteiger partial charge in [-0.15, -0.1) is 0 Å². The fourth-order valence-electron chi connectivity index (χ4n) is 2.57. The third-order valence-electron chi connectivity index (χ3n) is 3.91. The third-order valence-corrected chi connectivity index (χ3v) is 3.91. The van der Waals surface area contributed by atoms with E-state index in [1.165, 1.54) is 6.42 Å². The molecule has 1 saturated heterocycles. The average Bonchev–Trinajstić information content (AvgIpc) is 2.55. The third kappa shape index (κ3) is 8.11. The zero-order valence-electron chi connectivity index (χ0n) is 15.2. The zero-order valence-corrected chi connectivity index (χ0v) is 15.2. The van der Waals surface area contributed by atoms with Crippen molar-refractivity contribution in [2.24, 2.45) is 0 Å². The summed E-state index contributed by atoms with van der Waals surface area (Å²) in [6, 6.07) is 0. The van der Waals surface area contributed by atoms with Gasteiger partial charge in [-0.1, -0.05) is 31.4 Å². The Balaban J connectivity index is 2.78. The van der Waals surface area contributed by atoms with Crippen molar-refractivity contribution in [3.8, 4) is 0 Å². The number of hydrogen-bond acceptors (Lipinski definition) is 3. The largest absolute Gasteiger partial charge is 0.329 e. The minimum absolute atomic E-state index is 0.0106. The first-order valence-corrected chi connectivity index (χ1v) is 8.85. The molecule has 5 heteroatoms. The predicted octanol–water partition coefficient (Wildman–Crippen LogP) is 2.87. The highest BCUT2D eigenvalue weighted by Gasteiger charge is 2.14. The van der Waals surface area contributed by atoms with Crippen LogP contribution < -0.4 is 10.6 Å². The fraction of sp³-hybridized carbons (Fsp3) is 0.579. The standard InChI is InChI=1S/C19H31N3O2/c1-4-5-7-10-17(13-18(16(2)3)20-15-23)21-19(24)14-22-11-8-6-9-12-22/h7,10,13,15H,4-6,8-9,11-12,14H2,1-3H3,(H,20,23)(H,21,24)/b10-7+,17-13+. The summed E-state index contributed by atoms with van der Waals surface area (Å²) in [6.45, 7) is 8.35. The SMILES string of the molecule is CCC/C=C/C(=C\C(NC=O)=C(C)C)NC(=O)CN1CCCCC1. The van der Waals surface area contributed by atoms with Gasteiger partial charge >= 0.3 is 0 Å². The van der Waals surface area contributed by atoms with Gasteiger partial charge in [-0.3, -0.25) is 14.5 Å². The van der Waals surface area contributed by atoms with Crippen LogP contribution in [-0.4, -0.2) is 36.9 Å². The molecule has 5 nitrogen and oxygen atoms in total. The lowest BCUT2D eigenvalue weighted by molar-refractivity contribution is -0.121. The van der Waals surface area contributed by atoms with Crippen molar-refractivity contribution in [3.63, 3.8) is 0 Å². The van der Waals surface area contributed by atoms with Crippen LogP contribution in [0.25, 0.3) is 0 Å². The molecule has 0 aromatic heterocycles. The van der Waals surface area contributed by atoms with E-state index in [-0.39, 0.29) is 5.91 Å². The lowest BCUT2D eigenvalue weighted by Gasteiger charge is -2.25. The van der Waals surface area contributed by atoms with Crippen molar-refractivity contribution < 1.29 is 9.59 Å². The van der Waals surface area contributed by atoms with Crippen LogP contribution >= 0.6 is 0 Å². The van der Waals surface area contributed by atoms with E-state index in [1.54, 1.807) is 0 Å². The number of piperidine rings is 1. The summed E-state index contributed by atoms with van der Waals surface area (Å²) in [7, 11) is 0. The fourth-order valence-corrected chi connectivity index (χ4v) is 2.57. The first-order chi connectivity index (χ1) is 11.6. The number of rotatable bonds is 9. The minimum Gasteiger partial charge on any atom is -0.329 e. The monoisotopic (exact) mass is 333 g/mol. The van der Waals surface area contributed by atoms with Gasteiger partial charge in [0.05, 0.1) is 6.54 Å². The number of nitrogens with zero attached hydrogens (tertiary/aromatic N) is 1. The van der Waals surface area contributed by atoms with Crippen LogP contribution in [0.3, 0.4) is 0 Å². The minimum atomic E-state index is -0.0106. The van der Waals surface area contributed by atoms with Gasteiger partial charge in [0.15, 0.2) is 0 Å². The number of carbonyl (C=O) groups is 2. The molecule has 0 bridgehead atoms. The topological polar surface area (TPSA) is 61.4 Å². The molecule has 1 aliphatic rings. The molecule has 1 aliphatic heterocycles. The normalized spacial score (nSPS) is 16.0. The molecule has 0 aromatic rings. The highest BCUT2D eigenvalue weighted by molar-refractivity contribution is 5.80. The van der Waals surface area contributed by atoms with Gasteiger partial charge in [-0.05, 0) is 58.4 Å². The van der Waals surface area contributed by atoms with Gasteiger partial charge in [0.25, 0.3) is 0 Å². The molecule has 1 fully saturated rings. The first kappa shape index (κ1) is 20.2. The van der Waals surface area contributed by atoms with E-state index in [1.807, 2.05) is 32.1 Å². The number of hydrogen-bond donors (Lipinski definition) is 2. The van der Waals surface area contributed by atoms with E-state index in [2.05, 4.69) is 22.5 Å². The Morgan fingerprint density at radius 2 is 1.88 bits per heavy atom. The summed E-state index contributed by atoms with van der Waals surface area (Å²) in [5.74, 6) is -0.0106. The van der Waals surface area contributed by atoms with Gasteiger partial charge in [0, 0.05) is 11.4 Å². The van der Waals surface area contributed by atoms with E-state index in [4.69, 9.17) is 0 Å². The van der Waals surface area contributed by atoms with Crippen molar-refractivity contribution in [2.45, 2.75) is 52.9 Å². The number of amides is 2. The molecule has 0 radical (unpaired) electrons. The van der Waals surface area contributed by atoms with E-state index in [0.29, 0.717) is 24.3 Å². The lowest BCUT2D eigenvalue weighted by Crippen LogP contribution is -2.39. The molecule has 2 N–H and O–H groups in total. The van der Waals surface area contributed by atoms with Crippen LogP contribution in [0.15, 0.2) is 35.2 Å². The Bertz CT molecular complexity index is 497. The summed E-state index contributed by atoms with van der Waals surface area (Å²) in [6.07, 6.45) is 12.0. The number of likely N-dealkylation sites (tertiary alicyclic amines) is 1. The second-order valence-corrected chi connectivity index (χ2v) is 6.35. The van der Waals surface area contributed by atoms with Gasteiger partial charge in [0.2, 0.25) is 12.3 Å². The Labute approximate surface area is 145 Å². The highest BCUT2D eigenvalue weighted by Crippen LogP contribution is 2.09. The van der Waals surface area contributed by atoms with E-state index in [0.717, 1.165) is 44.3 Å². The van der Waals surface area contributed by atoms with E-state index < -0.39 is 0 Å². The summed E-state index contributed by atoms with van der Waals surface area (Å²) in [5, 5.41) is 5.66. The molecular formula is C19H31N3O2. The van der Waals surface area contributed by atoms with Crippen LogP contribution in [0.2, 0.25) is 0 Å². The second-order valence-electron chi connectivity index (χ2n) is 6.35. The predicted molar refractivity (Wildman–Crippen MR) is 98.1 cm³/mol. The summed E-state index contributed by atoms with van der Waals surface area (Å²) >= 11 is 0. The van der Waals surface area contributed by atoms with Crippen LogP contribution in [0, 0.1) is 0 Å². The maximum atomic E-state index is 12.3. The molecule has 1 heterocycles. The van der Waals surface area contributed by atoms with Crippen molar-refractivity contribution in [2.75, 3.05) is 19.6 Å². The molecule has 0 unspecified atom stereocenters. The van der Waals surface area contributed by atoms with E-state index >= 15 is 0 Å². The first-order valence-electron chi connectivity index (χ1n) is 8.85. The van der Waals surface area contributed by atoms with Crippen molar-refractivity contribution in [3.05, 3.63) is 35.2 Å². The quantitative estimate of drug-likeness (QED) is 0.504. The number of carbonyl (C=O) groups excluding carboxylic acids is 2. The van der Waals surface area contributed by atoms with E-state index in [9.17, 15) is 9.59 Å². The molecule has 134 valence electrons. The van der Waals surface area contributed by atoms with Crippen LogP contribution in [-0.2, 0) is 9.59 Å². The number of unbranched alkanes of at least 4 members (excludes halogenated alkanes) is 1. The maximum Gasteiger partial charge on any atom is 0.238 e. The molecule has 2 amide bonds. The molecule has 1 rings (SSSR count). The van der Waals surface area contributed by atoms with Crippen molar-refractivity contribution >= 4 is 12.3 Å². The maximum absolute atomic E-state index is 12.3. The number of nitrogens with one attached hydrogen (secondary N) is 2. The van der Waals surface area contributed by atoms with Crippen LogP contribution in [0.4, 0.5) is 0 Å². The van der Waals surface area contributed by atoms with Crippen molar-refractivity contribution in [1.29, 1.82) is 0 Å². The molecule has 0 aromatic carbocycles. The van der Waals surface area contributed by atoms with Gasteiger partial charge in [0.1, 0.15) is 0 Å². The zero-order chi connectivity index (χ0) is 17.8. The highest BCUT2D eigenvalue weighted by atomic mass is 16.2. The second kappa shape index (κ2) is 11.6. The Morgan fingerprint density at radius 1 is 1.17 bits per heavy atom. The Morgan fingerprint density at radius 3 is 2.46 bits per heavy atom. The molecule has 0 aliphatic carbocycles. The van der Waals surface area contributed by atoms with Gasteiger partial charge in [-0.25, -0.2) is 0 Å². The van der Waals surface area contributed by atoms with Crippen molar-refractivity contribution in [1.82, 2.24) is 15.5 Å². The molecular weight excluding hydrogens is 302 g/mol.